The zero-order valence-electron chi connectivity index (χ0n) is 14.9. The van der Waals surface area contributed by atoms with Crippen molar-refractivity contribution >= 4 is 22.4 Å². The SMILES string of the molecule is CCC(=O)Nc1nc(-c2ccccc2)c(-c2ccc(=O)n(C(C)C)n2)s1. The molecule has 0 spiro atoms. The second-order valence-electron chi connectivity index (χ2n) is 6.06. The summed E-state index contributed by atoms with van der Waals surface area (Å²) in [7, 11) is 0. The third-order valence-corrected chi connectivity index (χ3v) is 4.78. The Morgan fingerprint density at radius 2 is 1.92 bits per heavy atom. The summed E-state index contributed by atoms with van der Waals surface area (Å²) in [5, 5.41) is 7.84. The van der Waals surface area contributed by atoms with Crippen molar-refractivity contribution in [3.63, 3.8) is 0 Å². The lowest BCUT2D eigenvalue weighted by Gasteiger charge is -2.09. The lowest BCUT2D eigenvalue weighted by Crippen LogP contribution is -2.23. The zero-order valence-corrected chi connectivity index (χ0v) is 15.7. The Balaban J connectivity index is 2.15. The fourth-order valence-electron chi connectivity index (χ4n) is 2.46. The number of carbonyl (C=O) groups excluding carboxylic acids is 1. The highest BCUT2D eigenvalue weighted by atomic mass is 32.1. The van der Waals surface area contributed by atoms with E-state index < -0.39 is 0 Å². The molecule has 1 N–H and O–H groups in total. The van der Waals surface area contributed by atoms with Gasteiger partial charge in [0.2, 0.25) is 5.91 Å². The summed E-state index contributed by atoms with van der Waals surface area (Å²) in [6.45, 7) is 5.62. The van der Waals surface area contributed by atoms with Gasteiger partial charge in [0.15, 0.2) is 5.13 Å². The molecule has 6 nitrogen and oxygen atoms in total. The largest absolute Gasteiger partial charge is 0.302 e. The maximum Gasteiger partial charge on any atom is 0.267 e. The summed E-state index contributed by atoms with van der Waals surface area (Å²) in [6.07, 6.45) is 0.381. The average molecular weight is 368 g/mol. The Kier molecular flexibility index (Phi) is 5.27. The quantitative estimate of drug-likeness (QED) is 0.739. The van der Waals surface area contributed by atoms with E-state index in [1.807, 2.05) is 44.2 Å². The van der Waals surface area contributed by atoms with Gasteiger partial charge in [-0.1, -0.05) is 48.6 Å². The second-order valence-corrected chi connectivity index (χ2v) is 7.06. The third-order valence-electron chi connectivity index (χ3n) is 3.79. The number of carbonyl (C=O) groups is 1. The average Bonchev–Trinajstić information content (AvgIpc) is 3.06. The van der Waals surface area contributed by atoms with Gasteiger partial charge in [0.25, 0.3) is 5.56 Å². The molecule has 2 aromatic heterocycles. The van der Waals surface area contributed by atoms with Crippen molar-refractivity contribution in [2.75, 3.05) is 5.32 Å². The van der Waals surface area contributed by atoms with Gasteiger partial charge in [-0.05, 0) is 19.9 Å². The molecular formula is C19H20N4O2S. The van der Waals surface area contributed by atoms with E-state index in [0.29, 0.717) is 17.2 Å². The number of amides is 1. The molecule has 2 heterocycles. The standard InChI is InChI=1S/C19H20N4O2S/c1-4-15(24)20-19-21-17(13-8-6-5-7-9-13)18(26-19)14-10-11-16(25)23(22-14)12(2)3/h5-12H,4H2,1-3H3,(H,20,21,24). The fraction of sp³-hybridized carbons (Fsp3) is 0.263. The number of nitrogens with zero attached hydrogens (tertiary/aromatic N) is 3. The van der Waals surface area contributed by atoms with E-state index in [4.69, 9.17) is 0 Å². The Bertz CT molecular complexity index is 977. The molecule has 1 aromatic carbocycles. The highest BCUT2D eigenvalue weighted by Crippen LogP contribution is 2.37. The number of rotatable bonds is 5. The van der Waals surface area contributed by atoms with Crippen molar-refractivity contribution in [3.05, 3.63) is 52.8 Å². The van der Waals surface area contributed by atoms with Gasteiger partial charge in [-0.25, -0.2) is 9.67 Å². The molecular weight excluding hydrogens is 348 g/mol. The maximum atomic E-state index is 12.0. The highest BCUT2D eigenvalue weighted by Gasteiger charge is 2.18. The lowest BCUT2D eigenvalue weighted by atomic mass is 10.1. The van der Waals surface area contributed by atoms with Crippen LogP contribution in [-0.4, -0.2) is 20.7 Å². The van der Waals surface area contributed by atoms with Gasteiger partial charge < -0.3 is 5.32 Å². The molecule has 0 aliphatic carbocycles. The number of anilines is 1. The molecule has 0 aliphatic rings. The Labute approximate surface area is 155 Å². The van der Waals surface area contributed by atoms with Gasteiger partial charge >= 0.3 is 0 Å². The maximum absolute atomic E-state index is 12.0. The molecule has 3 aromatic rings. The van der Waals surface area contributed by atoms with Gasteiger partial charge in [0.05, 0.1) is 16.6 Å². The molecule has 7 heteroatoms. The van der Waals surface area contributed by atoms with Crippen LogP contribution in [0.25, 0.3) is 21.8 Å². The van der Waals surface area contributed by atoms with Crippen molar-refractivity contribution in [1.82, 2.24) is 14.8 Å². The molecule has 26 heavy (non-hydrogen) atoms. The van der Waals surface area contributed by atoms with Crippen LogP contribution < -0.4 is 10.9 Å². The van der Waals surface area contributed by atoms with Crippen LogP contribution in [0.3, 0.4) is 0 Å². The van der Waals surface area contributed by atoms with Crippen molar-refractivity contribution in [2.45, 2.75) is 33.2 Å². The number of benzene rings is 1. The predicted octanol–water partition coefficient (Wildman–Crippen LogP) is 3.96. The first-order valence-electron chi connectivity index (χ1n) is 8.46. The van der Waals surface area contributed by atoms with Gasteiger partial charge in [0.1, 0.15) is 5.69 Å². The summed E-state index contributed by atoms with van der Waals surface area (Å²) >= 11 is 1.36. The number of aromatic nitrogens is 3. The van der Waals surface area contributed by atoms with E-state index in [9.17, 15) is 9.59 Å². The summed E-state index contributed by atoms with van der Waals surface area (Å²) in [6, 6.07) is 12.9. The molecule has 0 unspecified atom stereocenters. The lowest BCUT2D eigenvalue weighted by molar-refractivity contribution is -0.115. The van der Waals surface area contributed by atoms with E-state index in [0.717, 1.165) is 16.1 Å². The molecule has 134 valence electrons. The molecule has 0 aliphatic heterocycles. The highest BCUT2D eigenvalue weighted by molar-refractivity contribution is 7.19. The monoisotopic (exact) mass is 368 g/mol. The number of hydrogen-bond donors (Lipinski definition) is 1. The normalized spacial score (nSPS) is 10.9. The Morgan fingerprint density at radius 1 is 1.19 bits per heavy atom. The van der Waals surface area contributed by atoms with E-state index in [1.165, 1.54) is 22.1 Å². The van der Waals surface area contributed by atoms with Crippen LogP contribution in [0.4, 0.5) is 5.13 Å². The van der Waals surface area contributed by atoms with Gasteiger partial charge in [-0.2, -0.15) is 5.10 Å². The minimum atomic E-state index is -0.144. The molecule has 0 atom stereocenters. The zero-order chi connectivity index (χ0) is 18.7. The number of thiazole rings is 1. The van der Waals surface area contributed by atoms with Gasteiger partial charge in [0, 0.05) is 18.1 Å². The van der Waals surface area contributed by atoms with Crippen molar-refractivity contribution in [3.8, 4) is 21.8 Å². The van der Waals surface area contributed by atoms with Crippen molar-refractivity contribution in [1.29, 1.82) is 0 Å². The smallest absolute Gasteiger partial charge is 0.267 e. The molecule has 0 bridgehead atoms. The molecule has 0 fully saturated rings. The topological polar surface area (TPSA) is 76.9 Å². The van der Waals surface area contributed by atoms with E-state index in [1.54, 1.807) is 13.0 Å². The summed E-state index contributed by atoms with van der Waals surface area (Å²) < 4.78 is 1.45. The van der Waals surface area contributed by atoms with Gasteiger partial charge in [-0.15, -0.1) is 0 Å². The summed E-state index contributed by atoms with van der Waals surface area (Å²) in [5.74, 6) is -0.0926. The minimum absolute atomic E-state index is 0.0465. The molecule has 3 rings (SSSR count). The van der Waals surface area contributed by atoms with Crippen LogP contribution in [0.2, 0.25) is 0 Å². The third kappa shape index (κ3) is 3.72. The van der Waals surface area contributed by atoms with E-state index in [2.05, 4.69) is 15.4 Å². The van der Waals surface area contributed by atoms with E-state index >= 15 is 0 Å². The Hall–Kier alpha value is -2.80. The molecule has 0 saturated heterocycles. The molecule has 1 amide bonds. The second kappa shape index (κ2) is 7.61. The number of nitrogens with one attached hydrogen (secondary N) is 1. The molecule has 0 saturated carbocycles. The summed E-state index contributed by atoms with van der Waals surface area (Å²) in [4.78, 5) is 29.2. The van der Waals surface area contributed by atoms with E-state index in [-0.39, 0.29) is 17.5 Å². The van der Waals surface area contributed by atoms with Gasteiger partial charge in [-0.3, -0.25) is 9.59 Å². The Morgan fingerprint density at radius 3 is 2.58 bits per heavy atom. The van der Waals surface area contributed by atoms with Crippen molar-refractivity contribution in [2.24, 2.45) is 0 Å². The first-order chi connectivity index (χ1) is 12.5. The first kappa shape index (κ1) is 18.0. The van der Waals surface area contributed by atoms with Crippen LogP contribution in [0.1, 0.15) is 33.2 Å². The van der Waals surface area contributed by atoms with Crippen LogP contribution in [0, 0.1) is 0 Å². The van der Waals surface area contributed by atoms with Crippen LogP contribution in [0.15, 0.2) is 47.3 Å². The first-order valence-corrected chi connectivity index (χ1v) is 9.27. The predicted molar refractivity (Wildman–Crippen MR) is 104 cm³/mol. The van der Waals surface area contributed by atoms with Crippen LogP contribution in [-0.2, 0) is 4.79 Å². The fourth-order valence-corrected chi connectivity index (χ4v) is 3.43. The van der Waals surface area contributed by atoms with Crippen molar-refractivity contribution < 1.29 is 4.79 Å². The minimum Gasteiger partial charge on any atom is -0.302 e. The van der Waals surface area contributed by atoms with Crippen LogP contribution in [0.5, 0.6) is 0 Å². The summed E-state index contributed by atoms with van der Waals surface area (Å²) in [5.41, 5.74) is 2.18. The molecule has 0 radical (unpaired) electrons. The van der Waals surface area contributed by atoms with Crippen LogP contribution >= 0.6 is 11.3 Å². The number of hydrogen-bond acceptors (Lipinski definition) is 5.